The summed E-state index contributed by atoms with van der Waals surface area (Å²) in [6.07, 6.45) is -0.755. The summed E-state index contributed by atoms with van der Waals surface area (Å²) in [6.45, 7) is 0.641. The van der Waals surface area contributed by atoms with E-state index in [4.69, 9.17) is 5.14 Å². The van der Waals surface area contributed by atoms with E-state index < -0.39 is 21.8 Å². The van der Waals surface area contributed by atoms with Crippen LogP contribution in [0.5, 0.6) is 0 Å². The smallest absolute Gasteiger partial charge is 0.334 e. The molecule has 0 unspecified atom stereocenters. The molecule has 2 amide bonds. The second-order valence-corrected chi connectivity index (χ2v) is 11.3. The summed E-state index contributed by atoms with van der Waals surface area (Å²) in [6, 6.07) is 16.4. The Bertz CT molecular complexity index is 1450. The van der Waals surface area contributed by atoms with E-state index in [0.29, 0.717) is 23.4 Å². The van der Waals surface area contributed by atoms with Gasteiger partial charge in [0, 0.05) is 24.2 Å². The monoisotopic (exact) mass is 529 g/mol. The first-order valence-electron chi connectivity index (χ1n) is 12.0. The SMILES string of the molecule is NS(=O)(=O)c1ccc(CNC(=O)N2CC3(CCCC3)c3cc(-c4ccccc4C(F)(F)F)ccc32)cc1. The van der Waals surface area contributed by atoms with Crippen LogP contribution in [0.25, 0.3) is 11.1 Å². The normalized spacial score (nSPS) is 16.7. The molecule has 3 N–H and O–H groups in total. The number of fused-ring (bicyclic) bond motifs is 2. The van der Waals surface area contributed by atoms with Crippen molar-refractivity contribution in [3.05, 3.63) is 83.4 Å². The van der Waals surface area contributed by atoms with Gasteiger partial charge < -0.3 is 5.32 Å². The molecule has 1 saturated carbocycles. The Morgan fingerprint density at radius 3 is 2.32 bits per heavy atom. The molecule has 10 heteroatoms. The molecular weight excluding hydrogens is 503 g/mol. The lowest BCUT2D eigenvalue weighted by Gasteiger charge is -2.25. The Labute approximate surface area is 213 Å². The van der Waals surface area contributed by atoms with Crippen molar-refractivity contribution < 1.29 is 26.4 Å². The van der Waals surface area contributed by atoms with Gasteiger partial charge in [0.25, 0.3) is 0 Å². The van der Waals surface area contributed by atoms with Crippen molar-refractivity contribution in [2.24, 2.45) is 5.14 Å². The predicted octanol–water partition coefficient (Wildman–Crippen LogP) is 5.56. The molecule has 0 bridgehead atoms. The maximum atomic E-state index is 13.7. The molecule has 1 spiro atoms. The van der Waals surface area contributed by atoms with E-state index in [1.807, 2.05) is 6.07 Å². The van der Waals surface area contributed by atoms with Gasteiger partial charge in [-0.2, -0.15) is 13.2 Å². The Morgan fingerprint density at radius 1 is 1.00 bits per heavy atom. The van der Waals surface area contributed by atoms with Gasteiger partial charge in [-0.15, -0.1) is 0 Å². The maximum Gasteiger partial charge on any atom is 0.417 e. The highest BCUT2D eigenvalue weighted by Crippen LogP contribution is 2.52. The van der Waals surface area contributed by atoms with Gasteiger partial charge in [-0.1, -0.05) is 49.2 Å². The largest absolute Gasteiger partial charge is 0.417 e. The molecule has 0 aromatic heterocycles. The Morgan fingerprint density at radius 2 is 1.68 bits per heavy atom. The second kappa shape index (κ2) is 9.18. The standard InChI is InChI=1S/C27H26F3N3O3S/c28-27(29,30)22-6-2-1-5-21(22)19-9-12-24-23(15-19)26(13-3-4-14-26)17-33(24)25(34)32-16-18-7-10-20(11-8-18)37(31,35)36/h1-2,5-12,15H,3-4,13-14,16-17H2,(H,32,34)(H2,31,35,36). The highest BCUT2D eigenvalue weighted by molar-refractivity contribution is 7.89. The number of carbonyl (C=O) groups excluding carboxylic acids is 1. The minimum atomic E-state index is -4.47. The van der Waals surface area contributed by atoms with Crippen molar-refractivity contribution in [1.29, 1.82) is 0 Å². The van der Waals surface area contributed by atoms with Crippen LogP contribution in [-0.4, -0.2) is 21.0 Å². The van der Waals surface area contributed by atoms with E-state index in [-0.39, 0.29) is 28.4 Å². The number of nitrogens with zero attached hydrogens (tertiary/aromatic N) is 1. The highest BCUT2D eigenvalue weighted by atomic mass is 32.2. The minimum Gasteiger partial charge on any atom is -0.334 e. The molecule has 1 fully saturated rings. The zero-order valence-corrected chi connectivity index (χ0v) is 20.7. The first-order valence-corrected chi connectivity index (χ1v) is 13.5. The topological polar surface area (TPSA) is 92.5 Å². The molecule has 194 valence electrons. The van der Waals surface area contributed by atoms with E-state index >= 15 is 0 Å². The first-order chi connectivity index (χ1) is 17.5. The Kier molecular flexibility index (Phi) is 6.27. The van der Waals surface area contributed by atoms with Gasteiger partial charge >= 0.3 is 12.2 Å². The fourth-order valence-corrected chi connectivity index (χ4v) is 6.06. The number of rotatable bonds is 4. The molecule has 37 heavy (non-hydrogen) atoms. The molecule has 1 aliphatic heterocycles. The van der Waals surface area contributed by atoms with Crippen LogP contribution in [0, 0.1) is 0 Å². The van der Waals surface area contributed by atoms with Crippen LogP contribution < -0.4 is 15.4 Å². The molecule has 3 aromatic carbocycles. The average molecular weight is 530 g/mol. The summed E-state index contributed by atoms with van der Waals surface area (Å²) in [5.74, 6) is 0. The van der Waals surface area contributed by atoms with Gasteiger partial charge in [-0.05, 0) is 65.4 Å². The van der Waals surface area contributed by atoms with Crippen LogP contribution in [0.2, 0.25) is 0 Å². The zero-order chi connectivity index (χ0) is 26.4. The molecule has 3 aromatic rings. The number of alkyl halides is 3. The maximum absolute atomic E-state index is 13.7. The van der Waals surface area contributed by atoms with Crippen molar-refractivity contribution in [1.82, 2.24) is 5.32 Å². The number of hydrogen-bond donors (Lipinski definition) is 2. The number of nitrogens with two attached hydrogens (primary N) is 1. The molecule has 0 atom stereocenters. The van der Waals surface area contributed by atoms with Crippen molar-refractivity contribution in [2.75, 3.05) is 11.4 Å². The van der Waals surface area contributed by atoms with Gasteiger partial charge in [0.05, 0.1) is 10.5 Å². The summed E-state index contributed by atoms with van der Waals surface area (Å²) in [5, 5.41) is 8.01. The third-order valence-corrected chi connectivity index (χ3v) is 8.29. The quantitative estimate of drug-likeness (QED) is 0.463. The van der Waals surface area contributed by atoms with Crippen LogP contribution in [-0.2, 0) is 28.2 Å². The van der Waals surface area contributed by atoms with Gasteiger partial charge in [-0.25, -0.2) is 18.4 Å². The van der Waals surface area contributed by atoms with E-state index in [1.54, 1.807) is 35.2 Å². The average Bonchev–Trinajstić information content (AvgIpc) is 3.47. The van der Waals surface area contributed by atoms with Crippen LogP contribution in [0.3, 0.4) is 0 Å². The highest BCUT2D eigenvalue weighted by Gasteiger charge is 2.46. The number of nitrogens with one attached hydrogen (secondary N) is 1. The summed E-state index contributed by atoms with van der Waals surface area (Å²) < 4.78 is 63.9. The molecule has 5 rings (SSSR count). The Hall–Kier alpha value is -3.37. The van der Waals surface area contributed by atoms with Gasteiger partial charge in [-0.3, -0.25) is 4.90 Å². The van der Waals surface area contributed by atoms with E-state index in [0.717, 1.165) is 37.3 Å². The van der Waals surface area contributed by atoms with Crippen molar-refractivity contribution in [3.63, 3.8) is 0 Å². The van der Waals surface area contributed by atoms with Gasteiger partial charge in [0.15, 0.2) is 0 Å². The number of hydrogen-bond acceptors (Lipinski definition) is 3. The number of sulfonamides is 1. The fraction of sp³-hybridized carbons (Fsp3) is 0.296. The summed E-state index contributed by atoms with van der Waals surface area (Å²) in [7, 11) is -3.80. The third-order valence-electron chi connectivity index (χ3n) is 7.36. The van der Waals surface area contributed by atoms with E-state index in [2.05, 4.69) is 5.32 Å². The molecule has 6 nitrogen and oxygen atoms in total. The number of benzene rings is 3. The Balaban J connectivity index is 1.43. The molecule has 1 heterocycles. The lowest BCUT2D eigenvalue weighted by Crippen LogP contribution is -2.41. The lowest BCUT2D eigenvalue weighted by molar-refractivity contribution is -0.137. The van der Waals surface area contributed by atoms with Gasteiger partial charge in [0.1, 0.15) is 0 Å². The lowest BCUT2D eigenvalue weighted by atomic mass is 9.79. The minimum absolute atomic E-state index is 0.0119. The number of amides is 2. The number of urea groups is 1. The van der Waals surface area contributed by atoms with Crippen LogP contribution in [0.15, 0.2) is 71.6 Å². The molecule has 1 aliphatic carbocycles. The van der Waals surface area contributed by atoms with Crippen molar-refractivity contribution in [3.8, 4) is 11.1 Å². The van der Waals surface area contributed by atoms with E-state index in [1.165, 1.54) is 24.3 Å². The van der Waals surface area contributed by atoms with Gasteiger partial charge in [0.2, 0.25) is 10.0 Å². The summed E-state index contributed by atoms with van der Waals surface area (Å²) in [4.78, 5) is 14.9. The number of carbonyl (C=O) groups is 1. The van der Waals surface area contributed by atoms with Crippen LogP contribution >= 0.6 is 0 Å². The summed E-state index contributed by atoms with van der Waals surface area (Å²) in [5.41, 5.74) is 1.95. The van der Waals surface area contributed by atoms with Crippen molar-refractivity contribution in [2.45, 2.75) is 48.7 Å². The first kappa shape index (κ1) is 25.3. The van der Waals surface area contributed by atoms with Crippen molar-refractivity contribution >= 4 is 21.7 Å². The second-order valence-electron chi connectivity index (χ2n) is 9.70. The molecular formula is C27H26F3N3O3S. The molecule has 0 radical (unpaired) electrons. The van der Waals surface area contributed by atoms with Crippen LogP contribution in [0.1, 0.15) is 42.4 Å². The molecule has 0 saturated heterocycles. The van der Waals surface area contributed by atoms with E-state index in [9.17, 15) is 26.4 Å². The zero-order valence-electron chi connectivity index (χ0n) is 19.9. The summed E-state index contributed by atoms with van der Waals surface area (Å²) >= 11 is 0. The predicted molar refractivity (Wildman–Crippen MR) is 134 cm³/mol. The number of halogens is 3. The molecule has 2 aliphatic rings. The van der Waals surface area contributed by atoms with Crippen LogP contribution in [0.4, 0.5) is 23.7 Å². The number of primary sulfonamides is 1. The fourth-order valence-electron chi connectivity index (χ4n) is 5.55. The number of anilines is 1. The third kappa shape index (κ3) is 4.83.